The Morgan fingerprint density at radius 1 is 1.25 bits per heavy atom. The quantitative estimate of drug-likeness (QED) is 0.726. The van der Waals surface area contributed by atoms with Gasteiger partial charge in [-0.3, -0.25) is 4.98 Å². The fraction of sp³-hybridized carbons (Fsp3) is 0.231. The van der Waals surface area contributed by atoms with Crippen LogP contribution in [0.25, 0.3) is 0 Å². The maximum atomic E-state index is 5.65. The SMILES string of the molecule is Cc1cccc(OCC[n+]2ccncc2)c1. The van der Waals surface area contributed by atoms with Crippen molar-refractivity contribution in [3.8, 4) is 5.75 Å². The summed E-state index contributed by atoms with van der Waals surface area (Å²) in [6.45, 7) is 3.55. The van der Waals surface area contributed by atoms with E-state index in [-0.39, 0.29) is 0 Å². The van der Waals surface area contributed by atoms with Gasteiger partial charge in [0.05, 0.1) is 12.4 Å². The van der Waals surface area contributed by atoms with E-state index in [1.165, 1.54) is 5.56 Å². The number of ether oxygens (including phenoxy) is 1. The van der Waals surface area contributed by atoms with Gasteiger partial charge < -0.3 is 4.74 Å². The highest BCUT2D eigenvalue weighted by Gasteiger charge is 1.99. The Morgan fingerprint density at radius 2 is 2.06 bits per heavy atom. The summed E-state index contributed by atoms with van der Waals surface area (Å²) in [6.07, 6.45) is 7.40. The summed E-state index contributed by atoms with van der Waals surface area (Å²) in [6, 6.07) is 8.08. The van der Waals surface area contributed by atoms with E-state index in [1.54, 1.807) is 12.4 Å². The number of benzene rings is 1. The van der Waals surface area contributed by atoms with Gasteiger partial charge in [0.1, 0.15) is 12.4 Å². The third kappa shape index (κ3) is 3.05. The zero-order chi connectivity index (χ0) is 11.2. The second-order valence-electron chi connectivity index (χ2n) is 3.65. The number of aromatic nitrogens is 2. The van der Waals surface area contributed by atoms with E-state index in [1.807, 2.05) is 35.2 Å². The van der Waals surface area contributed by atoms with Gasteiger partial charge in [-0.2, -0.15) is 4.57 Å². The van der Waals surface area contributed by atoms with Gasteiger partial charge in [-0.05, 0) is 24.6 Å². The lowest BCUT2D eigenvalue weighted by Crippen LogP contribution is -2.35. The number of hydrogen-bond donors (Lipinski definition) is 0. The lowest BCUT2D eigenvalue weighted by atomic mass is 10.2. The molecule has 16 heavy (non-hydrogen) atoms. The molecule has 3 heteroatoms. The Labute approximate surface area is 95.3 Å². The van der Waals surface area contributed by atoms with Crippen LogP contribution in [0, 0.1) is 6.92 Å². The van der Waals surface area contributed by atoms with Crippen molar-refractivity contribution >= 4 is 0 Å². The normalized spacial score (nSPS) is 10.1. The number of aryl methyl sites for hydroxylation is 1. The predicted octanol–water partition coefficient (Wildman–Crippen LogP) is 1.76. The molecule has 0 N–H and O–H groups in total. The van der Waals surface area contributed by atoms with Crippen LogP contribution in [-0.4, -0.2) is 11.6 Å². The van der Waals surface area contributed by atoms with Crippen LogP contribution in [-0.2, 0) is 6.54 Å². The standard InChI is InChI=1S/C13H15N2O/c1-12-3-2-4-13(11-12)16-10-9-15-7-5-14-6-8-15/h2-8,11H,9-10H2,1H3/q+1. The van der Waals surface area contributed by atoms with E-state index in [2.05, 4.69) is 18.0 Å². The molecular weight excluding hydrogens is 200 g/mol. The molecule has 82 valence electrons. The highest BCUT2D eigenvalue weighted by atomic mass is 16.5. The maximum Gasteiger partial charge on any atom is 0.187 e. The van der Waals surface area contributed by atoms with Crippen LogP contribution >= 0.6 is 0 Å². The highest BCUT2D eigenvalue weighted by molar-refractivity contribution is 5.27. The summed E-state index contributed by atoms with van der Waals surface area (Å²) in [5, 5.41) is 0. The van der Waals surface area contributed by atoms with Crippen LogP contribution in [0.5, 0.6) is 5.75 Å². The van der Waals surface area contributed by atoms with Crippen molar-refractivity contribution in [3.63, 3.8) is 0 Å². The topological polar surface area (TPSA) is 26.0 Å². The fourth-order valence-electron chi connectivity index (χ4n) is 1.47. The number of nitrogens with zero attached hydrogens (tertiary/aromatic N) is 2. The van der Waals surface area contributed by atoms with Crippen molar-refractivity contribution in [3.05, 3.63) is 54.6 Å². The lowest BCUT2D eigenvalue weighted by molar-refractivity contribution is -0.698. The van der Waals surface area contributed by atoms with E-state index in [9.17, 15) is 0 Å². The molecule has 0 saturated carbocycles. The first kappa shape index (κ1) is 10.6. The minimum absolute atomic E-state index is 0.665. The Morgan fingerprint density at radius 3 is 2.81 bits per heavy atom. The van der Waals surface area contributed by atoms with Crippen LogP contribution in [0.2, 0.25) is 0 Å². The van der Waals surface area contributed by atoms with E-state index in [0.717, 1.165) is 12.3 Å². The second kappa shape index (κ2) is 5.26. The Balaban J connectivity index is 1.85. The van der Waals surface area contributed by atoms with Gasteiger partial charge in [-0.15, -0.1) is 0 Å². The van der Waals surface area contributed by atoms with Crippen molar-refractivity contribution in [2.24, 2.45) is 0 Å². The first-order chi connectivity index (χ1) is 7.84. The average molecular weight is 215 g/mol. The molecule has 0 unspecified atom stereocenters. The van der Waals surface area contributed by atoms with Crippen LogP contribution in [0.3, 0.4) is 0 Å². The molecule has 0 amide bonds. The maximum absolute atomic E-state index is 5.65. The Hall–Kier alpha value is -1.90. The lowest BCUT2D eigenvalue weighted by Gasteiger charge is -2.04. The monoisotopic (exact) mass is 215 g/mol. The zero-order valence-electron chi connectivity index (χ0n) is 9.34. The van der Waals surface area contributed by atoms with Crippen LogP contribution in [0.15, 0.2) is 49.1 Å². The van der Waals surface area contributed by atoms with Gasteiger partial charge >= 0.3 is 0 Å². The van der Waals surface area contributed by atoms with Crippen molar-refractivity contribution < 1.29 is 9.30 Å². The minimum atomic E-state index is 0.665. The summed E-state index contributed by atoms with van der Waals surface area (Å²) >= 11 is 0. The van der Waals surface area contributed by atoms with Crippen molar-refractivity contribution in [2.75, 3.05) is 6.61 Å². The van der Waals surface area contributed by atoms with Gasteiger partial charge in [0, 0.05) is 0 Å². The molecule has 0 aliphatic rings. The first-order valence-corrected chi connectivity index (χ1v) is 5.33. The predicted molar refractivity (Wildman–Crippen MR) is 61.1 cm³/mol. The van der Waals surface area contributed by atoms with Crippen molar-refractivity contribution in [2.45, 2.75) is 13.5 Å². The molecule has 1 aromatic heterocycles. The van der Waals surface area contributed by atoms with Crippen LogP contribution < -0.4 is 9.30 Å². The summed E-state index contributed by atoms with van der Waals surface area (Å²) < 4.78 is 7.69. The van der Waals surface area contributed by atoms with Crippen molar-refractivity contribution in [1.29, 1.82) is 0 Å². The van der Waals surface area contributed by atoms with Crippen LogP contribution in [0.1, 0.15) is 5.56 Å². The molecule has 0 radical (unpaired) electrons. The van der Waals surface area contributed by atoms with Crippen molar-refractivity contribution in [1.82, 2.24) is 4.98 Å². The molecular formula is C13H15N2O+. The largest absolute Gasteiger partial charge is 0.487 e. The van der Waals surface area contributed by atoms with E-state index >= 15 is 0 Å². The Kier molecular flexibility index (Phi) is 3.49. The summed E-state index contributed by atoms with van der Waals surface area (Å²) in [5.41, 5.74) is 1.22. The summed E-state index contributed by atoms with van der Waals surface area (Å²) in [7, 11) is 0. The van der Waals surface area contributed by atoms with Gasteiger partial charge in [0.2, 0.25) is 0 Å². The molecule has 3 nitrogen and oxygen atoms in total. The molecule has 0 saturated heterocycles. The third-order valence-corrected chi connectivity index (χ3v) is 2.30. The fourth-order valence-corrected chi connectivity index (χ4v) is 1.47. The molecule has 0 spiro atoms. The molecule has 0 bridgehead atoms. The van der Waals surface area contributed by atoms with Gasteiger partial charge in [-0.25, -0.2) is 0 Å². The van der Waals surface area contributed by atoms with E-state index in [0.29, 0.717) is 6.61 Å². The van der Waals surface area contributed by atoms with E-state index in [4.69, 9.17) is 4.74 Å². The summed E-state index contributed by atoms with van der Waals surface area (Å²) in [5.74, 6) is 0.926. The molecule has 1 heterocycles. The molecule has 0 aliphatic heterocycles. The van der Waals surface area contributed by atoms with Crippen LogP contribution in [0.4, 0.5) is 0 Å². The first-order valence-electron chi connectivity index (χ1n) is 5.33. The Bertz CT molecular complexity index is 443. The third-order valence-electron chi connectivity index (χ3n) is 2.30. The summed E-state index contributed by atoms with van der Waals surface area (Å²) in [4.78, 5) is 3.96. The zero-order valence-corrected chi connectivity index (χ0v) is 9.34. The molecule has 0 aliphatic carbocycles. The molecule has 0 atom stereocenters. The van der Waals surface area contributed by atoms with Gasteiger partial charge in [0.15, 0.2) is 18.9 Å². The van der Waals surface area contributed by atoms with E-state index < -0.39 is 0 Å². The van der Waals surface area contributed by atoms with Gasteiger partial charge in [0.25, 0.3) is 0 Å². The number of hydrogen-bond acceptors (Lipinski definition) is 2. The average Bonchev–Trinajstić information content (AvgIpc) is 2.30. The van der Waals surface area contributed by atoms with Gasteiger partial charge in [-0.1, -0.05) is 12.1 Å². The molecule has 2 aromatic rings. The molecule has 0 fully saturated rings. The molecule has 1 aromatic carbocycles. The minimum Gasteiger partial charge on any atom is -0.487 e. The number of rotatable bonds is 4. The molecule has 2 rings (SSSR count). The smallest absolute Gasteiger partial charge is 0.187 e. The second-order valence-corrected chi connectivity index (χ2v) is 3.65. The highest BCUT2D eigenvalue weighted by Crippen LogP contribution is 2.11.